The molecule has 0 unspecified atom stereocenters. The summed E-state index contributed by atoms with van der Waals surface area (Å²) in [5.41, 5.74) is 0.588. The summed E-state index contributed by atoms with van der Waals surface area (Å²) in [4.78, 5) is 3.98. The van der Waals surface area contributed by atoms with Crippen LogP contribution < -0.4 is 4.74 Å². The number of rotatable bonds is 3. The average Bonchev–Trinajstić information content (AvgIpc) is 2.32. The third-order valence-electron chi connectivity index (χ3n) is 2.01. The molecule has 1 aromatic heterocycles. The van der Waals surface area contributed by atoms with E-state index in [0.717, 1.165) is 10.2 Å². The number of aliphatic hydroxyl groups excluding tert-OH is 1. The molecule has 1 N–H and O–H groups in total. The fourth-order valence-electron chi connectivity index (χ4n) is 1.26. The van der Waals surface area contributed by atoms with E-state index in [1.165, 1.54) is 0 Å². The molecule has 2 aromatic rings. The smallest absolute Gasteiger partial charge is 0.141 e. The highest BCUT2D eigenvalue weighted by Gasteiger charge is 2.02. The van der Waals surface area contributed by atoms with Crippen LogP contribution in [0.4, 0.5) is 0 Å². The first-order valence-corrected chi connectivity index (χ1v) is 5.57. The number of benzene rings is 1. The molecule has 0 aliphatic rings. The van der Waals surface area contributed by atoms with E-state index in [0.29, 0.717) is 11.4 Å². The van der Waals surface area contributed by atoms with Gasteiger partial charge in [-0.3, -0.25) is 4.98 Å². The molecular weight excluding hydrogens is 270 g/mol. The molecule has 0 fully saturated rings. The molecule has 1 aromatic carbocycles. The monoisotopic (exact) mass is 279 g/mol. The normalized spacial score (nSPS) is 10.1. The Morgan fingerprint density at radius 3 is 2.81 bits per heavy atom. The molecule has 0 aliphatic carbocycles. The zero-order chi connectivity index (χ0) is 11.4. The maximum Gasteiger partial charge on any atom is 0.141 e. The minimum absolute atomic E-state index is 0.0901. The molecular formula is C12H10BrNO2. The second-order valence-electron chi connectivity index (χ2n) is 3.17. The van der Waals surface area contributed by atoms with Crippen molar-refractivity contribution in [1.29, 1.82) is 0 Å². The van der Waals surface area contributed by atoms with Crippen LogP contribution in [0.2, 0.25) is 0 Å². The molecule has 0 spiro atoms. The number of aliphatic hydroxyl groups is 1. The number of halogens is 1. The molecule has 16 heavy (non-hydrogen) atoms. The Hall–Kier alpha value is -1.39. The highest BCUT2D eigenvalue weighted by molar-refractivity contribution is 9.10. The van der Waals surface area contributed by atoms with Crippen LogP contribution >= 0.6 is 15.9 Å². The van der Waals surface area contributed by atoms with Crippen LogP contribution in [0, 0.1) is 0 Å². The molecule has 2 rings (SSSR count). The van der Waals surface area contributed by atoms with Crippen molar-refractivity contribution in [2.45, 2.75) is 6.61 Å². The van der Waals surface area contributed by atoms with Crippen LogP contribution in [0.3, 0.4) is 0 Å². The number of nitrogens with zero attached hydrogens (tertiary/aromatic N) is 1. The van der Waals surface area contributed by atoms with E-state index in [2.05, 4.69) is 20.9 Å². The Labute approximate surface area is 102 Å². The summed E-state index contributed by atoms with van der Waals surface area (Å²) >= 11 is 3.40. The van der Waals surface area contributed by atoms with Crippen molar-refractivity contribution in [2.24, 2.45) is 0 Å². The van der Waals surface area contributed by atoms with Gasteiger partial charge in [-0.05, 0) is 34.1 Å². The molecule has 0 atom stereocenters. The summed E-state index contributed by atoms with van der Waals surface area (Å²) in [6.07, 6.45) is 1.61. The lowest BCUT2D eigenvalue weighted by Gasteiger charge is -2.07. The van der Waals surface area contributed by atoms with Crippen molar-refractivity contribution < 1.29 is 9.84 Å². The van der Waals surface area contributed by atoms with Gasteiger partial charge < -0.3 is 9.84 Å². The first-order chi connectivity index (χ1) is 7.79. The second-order valence-corrected chi connectivity index (χ2v) is 4.03. The van der Waals surface area contributed by atoms with Crippen LogP contribution in [-0.4, -0.2) is 10.1 Å². The third-order valence-corrected chi connectivity index (χ3v) is 2.67. The van der Waals surface area contributed by atoms with Crippen LogP contribution in [-0.2, 0) is 6.61 Å². The first kappa shape index (κ1) is 11.1. The molecule has 0 saturated carbocycles. The zero-order valence-corrected chi connectivity index (χ0v) is 10.0. The second kappa shape index (κ2) is 5.09. The summed E-state index contributed by atoms with van der Waals surface area (Å²) in [6.45, 7) is -0.0901. The van der Waals surface area contributed by atoms with E-state index >= 15 is 0 Å². The number of hydrogen-bond donors (Lipinski definition) is 1. The van der Waals surface area contributed by atoms with Gasteiger partial charge in [-0.15, -0.1) is 0 Å². The van der Waals surface area contributed by atoms with Crippen molar-refractivity contribution in [3.63, 3.8) is 0 Å². The zero-order valence-electron chi connectivity index (χ0n) is 8.43. The van der Waals surface area contributed by atoms with E-state index < -0.39 is 0 Å². The molecule has 3 nitrogen and oxygen atoms in total. The Morgan fingerprint density at radius 1 is 1.25 bits per heavy atom. The van der Waals surface area contributed by atoms with Gasteiger partial charge in [0, 0.05) is 12.3 Å². The molecule has 0 aliphatic heterocycles. The topological polar surface area (TPSA) is 42.4 Å². The Balaban J connectivity index is 2.24. The number of hydrogen-bond acceptors (Lipinski definition) is 3. The average molecular weight is 280 g/mol. The molecule has 0 radical (unpaired) electrons. The predicted octanol–water partition coefficient (Wildman–Crippen LogP) is 3.13. The summed E-state index contributed by atoms with van der Waals surface area (Å²) in [6, 6.07) is 11.0. The van der Waals surface area contributed by atoms with Crippen LogP contribution in [0.5, 0.6) is 11.5 Å². The summed E-state index contributed by atoms with van der Waals surface area (Å²) in [5, 5.41) is 8.96. The van der Waals surface area contributed by atoms with E-state index in [1.807, 2.05) is 24.3 Å². The minimum atomic E-state index is -0.0901. The van der Waals surface area contributed by atoms with Crippen LogP contribution in [0.25, 0.3) is 0 Å². The minimum Gasteiger partial charge on any atom is -0.456 e. The Morgan fingerprint density at radius 2 is 2.06 bits per heavy atom. The quantitative estimate of drug-likeness (QED) is 0.939. The molecule has 0 saturated heterocycles. The van der Waals surface area contributed by atoms with Gasteiger partial charge >= 0.3 is 0 Å². The summed E-state index contributed by atoms with van der Waals surface area (Å²) in [7, 11) is 0. The van der Waals surface area contributed by atoms with Crippen LogP contribution in [0.15, 0.2) is 47.1 Å². The molecule has 0 amide bonds. The number of aromatic nitrogens is 1. The lowest BCUT2D eigenvalue weighted by molar-refractivity contribution is 0.276. The number of pyridine rings is 1. The maximum atomic E-state index is 8.96. The molecule has 0 bridgehead atoms. The lowest BCUT2D eigenvalue weighted by Crippen LogP contribution is -1.91. The van der Waals surface area contributed by atoms with E-state index in [4.69, 9.17) is 9.84 Å². The lowest BCUT2D eigenvalue weighted by atomic mass is 10.3. The maximum absolute atomic E-state index is 8.96. The van der Waals surface area contributed by atoms with Gasteiger partial charge in [0.05, 0.1) is 16.8 Å². The van der Waals surface area contributed by atoms with Crippen molar-refractivity contribution >= 4 is 15.9 Å². The van der Waals surface area contributed by atoms with Gasteiger partial charge in [0.25, 0.3) is 0 Å². The van der Waals surface area contributed by atoms with Gasteiger partial charge in [0.15, 0.2) is 0 Å². The van der Waals surface area contributed by atoms with Crippen molar-refractivity contribution in [3.8, 4) is 11.5 Å². The molecule has 1 heterocycles. The first-order valence-electron chi connectivity index (χ1n) is 4.78. The largest absolute Gasteiger partial charge is 0.456 e. The highest BCUT2D eigenvalue weighted by atomic mass is 79.9. The summed E-state index contributed by atoms with van der Waals surface area (Å²) in [5.74, 6) is 1.39. The van der Waals surface area contributed by atoms with Gasteiger partial charge in [0.2, 0.25) is 0 Å². The molecule has 4 heteroatoms. The summed E-state index contributed by atoms with van der Waals surface area (Å²) < 4.78 is 6.54. The highest BCUT2D eigenvalue weighted by Crippen LogP contribution is 2.29. The van der Waals surface area contributed by atoms with Gasteiger partial charge in [-0.1, -0.05) is 12.1 Å². The van der Waals surface area contributed by atoms with Crippen molar-refractivity contribution in [2.75, 3.05) is 0 Å². The predicted molar refractivity (Wildman–Crippen MR) is 64.4 cm³/mol. The number of ether oxygens (including phenoxy) is 1. The van der Waals surface area contributed by atoms with Crippen molar-refractivity contribution in [1.82, 2.24) is 4.98 Å². The van der Waals surface area contributed by atoms with Crippen LogP contribution in [0.1, 0.15) is 5.69 Å². The SMILES string of the molecule is OCc1cc(Oc2ccccc2Br)ccn1. The fourth-order valence-corrected chi connectivity index (χ4v) is 1.63. The van der Waals surface area contributed by atoms with Gasteiger partial charge in [-0.25, -0.2) is 0 Å². The fraction of sp³-hybridized carbons (Fsp3) is 0.0833. The standard InChI is InChI=1S/C12H10BrNO2/c13-11-3-1-2-4-12(11)16-10-5-6-14-9(7-10)8-15/h1-7,15H,8H2. The van der Waals surface area contributed by atoms with E-state index in [1.54, 1.807) is 18.3 Å². The van der Waals surface area contributed by atoms with E-state index in [-0.39, 0.29) is 6.61 Å². The van der Waals surface area contributed by atoms with Gasteiger partial charge in [-0.2, -0.15) is 0 Å². The van der Waals surface area contributed by atoms with Gasteiger partial charge in [0.1, 0.15) is 11.5 Å². The number of para-hydroxylation sites is 1. The molecule has 82 valence electrons. The Kier molecular flexibility index (Phi) is 3.54. The Bertz CT molecular complexity index is 488. The van der Waals surface area contributed by atoms with Crippen molar-refractivity contribution in [3.05, 3.63) is 52.8 Å². The van der Waals surface area contributed by atoms with E-state index in [9.17, 15) is 0 Å². The third kappa shape index (κ3) is 2.59.